The number of nitrogens with one attached hydrogen (secondary N) is 2. The van der Waals surface area contributed by atoms with Crippen LogP contribution in [0.3, 0.4) is 0 Å². The van der Waals surface area contributed by atoms with E-state index < -0.39 is 22.1 Å². The Morgan fingerprint density at radius 1 is 1.02 bits per heavy atom. The molecule has 0 aliphatic rings. The minimum absolute atomic E-state index is 0. The highest BCUT2D eigenvalue weighted by molar-refractivity contribution is 7.93. The minimum atomic E-state index is -4.15. The lowest BCUT2D eigenvalue weighted by Crippen LogP contribution is -2.53. The van der Waals surface area contributed by atoms with Crippen molar-refractivity contribution in [2.45, 2.75) is 67.3 Å². The molecule has 0 aliphatic heterocycles. The first-order chi connectivity index (χ1) is 19.1. The second-order valence-corrected chi connectivity index (χ2v) is 10.7. The molecule has 0 saturated carbocycles. The van der Waals surface area contributed by atoms with Gasteiger partial charge in [-0.05, 0) is 62.1 Å². The zero-order valence-electron chi connectivity index (χ0n) is 25.0. The van der Waals surface area contributed by atoms with E-state index in [0.717, 1.165) is 11.1 Å². The molecule has 8 nitrogen and oxygen atoms in total. The number of nitrogens with zero attached hydrogens (tertiary/aromatic N) is 1. The van der Waals surface area contributed by atoms with Crippen molar-refractivity contribution in [3.8, 4) is 5.75 Å². The number of hydrogen-bond acceptors (Lipinski definition) is 5. The molecule has 2 aromatic rings. The van der Waals surface area contributed by atoms with Crippen molar-refractivity contribution in [2.75, 3.05) is 18.6 Å². The van der Waals surface area contributed by atoms with Gasteiger partial charge in [0, 0.05) is 21.5 Å². The number of likely N-dealkylation sites (N-methyl/N-ethyl adjacent to an activating group) is 1. The van der Waals surface area contributed by atoms with Gasteiger partial charge in [-0.3, -0.25) is 4.79 Å². The van der Waals surface area contributed by atoms with Crippen LogP contribution in [0, 0.1) is 5.92 Å². The largest absolute Gasteiger partial charge is 0.497 e. The molecular weight excluding hydrogens is 526 g/mol. The lowest BCUT2D eigenvalue weighted by atomic mass is 10.0. The number of methoxy groups -OCH3 is 1. The number of rotatable bonds is 12. The lowest BCUT2D eigenvalue weighted by molar-refractivity contribution is -0.120. The summed E-state index contributed by atoms with van der Waals surface area (Å²) >= 11 is 0. The number of urea groups is 1. The zero-order valence-corrected chi connectivity index (χ0v) is 25.8. The highest BCUT2D eigenvalue weighted by Crippen LogP contribution is 2.22. The van der Waals surface area contributed by atoms with Crippen molar-refractivity contribution < 1.29 is 25.6 Å². The molecule has 2 N–H and O–H groups in total. The maximum atomic E-state index is 13.7. The Morgan fingerprint density at radius 2 is 1.62 bits per heavy atom. The first-order valence-electron chi connectivity index (χ1n) is 13.8. The van der Waals surface area contributed by atoms with E-state index in [2.05, 4.69) is 10.0 Å². The molecule has 40 heavy (non-hydrogen) atoms. The van der Waals surface area contributed by atoms with E-state index >= 15 is 0 Å². The molecule has 0 saturated heterocycles. The fraction of sp³-hybridized carbons (Fsp3) is 0.419. The van der Waals surface area contributed by atoms with Crippen molar-refractivity contribution in [3.63, 3.8) is 0 Å². The summed E-state index contributed by atoms with van der Waals surface area (Å²) in [5.41, 5.74) is 2.30. The smallest absolute Gasteiger partial charge is 0.329 e. The Balaban J connectivity index is 0. The second kappa shape index (κ2) is 17.2. The highest BCUT2D eigenvalue weighted by atomic mass is 32.2. The van der Waals surface area contributed by atoms with Crippen LogP contribution in [-0.2, 0) is 21.2 Å². The van der Waals surface area contributed by atoms with Crippen LogP contribution < -0.4 is 19.7 Å². The topological polar surface area (TPSA) is 105 Å². The summed E-state index contributed by atoms with van der Waals surface area (Å²) in [5.74, 6) is -0.0657. The number of benzene rings is 2. The van der Waals surface area contributed by atoms with Gasteiger partial charge in [0.25, 0.3) is 10.0 Å². The maximum Gasteiger partial charge on any atom is 0.329 e. The summed E-state index contributed by atoms with van der Waals surface area (Å²) in [6.45, 7) is 13.4. The number of allylic oxidation sites excluding steroid dienone is 4. The average Bonchev–Trinajstić information content (AvgIpc) is 2.95. The molecule has 1 atom stereocenters. The summed E-state index contributed by atoms with van der Waals surface area (Å²) in [4.78, 5) is 28.3. The van der Waals surface area contributed by atoms with E-state index in [1.165, 1.54) is 0 Å². The van der Waals surface area contributed by atoms with Crippen LogP contribution in [0.5, 0.6) is 5.75 Å². The lowest BCUT2D eigenvalue weighted by Gasteiger charge is -2.27. The van der Waals surface area contributed by atoms with E-state index in [1.807, 2.05) is 71.0 Å². The standard InChI is InChI=1S/C29H39N3O5S.C2H6.2H2/c1-7-22(8-2)20-27(21(4)5)38(35,36)31-29(34)30-26(19-23-13-11-10-12-14-23)28(33)32(9-3)24-15-17-25(37-6)18-16-24;1-2;;/h7,10-18,20-21,26H,8-9,19H2,1-6H3,(H2,30,31,34);1-2H3;2*1H/b22-7-,27-20+;;;/t26-;;;/m0.../s1. The van der Waals surface area contributed by atoms with Gasteiger partial charge in [0.1, 0.15) is 11.8 Å². The molecule has 0 aliphatic carbocycles. The molecule has 2 aromatic carbocycles. The number of anilines is 1. The second-order valence-electron chi connectivity index (χ2n) is 9.02. The summed E-state index contributed by atoms with van der Waals surface area (Å²) in [6, 6.07) is 14.3. The van der Waals surface area contributed by atoms with Crippen LogP contribution >= 0.6 is 0 Å². The maximum absolute atomic E-state index is 13.7. The molecule has 224 valence electrons. The SMILES string of the molecule is C/C=C(\C=C(/C(C)C)S(=O)(=O)NC(=O)N[C@@H](Cc1ccccc1)C(=O)N(CC)c1ccc(OC)cc1)CC.CC.[HH].[HH]. The molecule has 9 heteroatoms. The third kappa shape index (κ3) is 10.2. The third-order valence-electron chi connectivity index (χ3n) is 6.07. The predicted molar refractivity (Wildman–Crippen MR) is 168 cm³/mol. The number of carbonyl (C=O) groups excluding carboxylic acids is 2. The molecule has 0 radical (unpaired) electrons. The van der Waals surface area contributed by atoms with E-state index in [-0.39, 0.29) is 26.0 Å². The third-order valence-corrected chi connectivity index (χ3v) is 7.73. The Labute approximate surface area is 243 Å². The fourth-order valence-corrected chi connectivity index (χ4v) is 5.31. The molecule has 3 amide bonds. The van der Waals surface area contributed by atoms with Crippen LogP contribution in [0.15, 0.2) is 77.2 Å². The van der Waals surface area contributed by atoms with E-state index in [9.17, 15) is 18.0 Å². The van der Waals surface area contributed by atoms with Gasteiger partial charge >= 0.3 is 6.03 Å². The molecule has 0 aromatic heterocycles. The van der Waals surface area contributed by atoms with Crippen molar-refractivity contribution >= 4 is 27.6 Å². The van der Waals surface area contributed by atoms with Crippen molar-refractivity contribution in [1.29, 1.82) is 0 Å². The van der Waals surface area contributed by atoms with Crippen molar-refractivity contribution in [3.05, 3.63) is 82.8 Å². The number of hydrogen-bond donors (Lipinski definition) is 2. The summed E-state index contributed by atoms with van der Waals surface area (Å²) in [6.07, 6.45) is 4.27. The molecule has 0 bridgehead atoms. The van der Waals surface area contributed by atoms with Gasteiger partial charge in [-0.15, -0.1) is 0 Å². The molecular formula is C31H49N3O5S. The van der Waals surface area contributed by atoms with Crippen molar-refractivity contribution in [1.82, 2.24) is 10.0 Å². The Hall–Kier alpha value is -3.59. The molecule has 0 fully saturated rings. The highest BCUT2D eigenvalue weighted by Gasteiger charge is 2.29. The molecule has 0 heterocycles. The van der Waals surface area contributed by atoms with E-state index in [4.69, 9.17) is 4.74 Å². The monoisotopic (exact) mass is 575 g/mol. The normalized spacial score (nSPS) is 12.6. The van der Waals surface area contributed by atoms with Crippen LogP contribution in [-0.4, -0.2) is 40.1 Å². The first-order valence-corrected chi connectivity index (χ1v) is 15.2. The van der Waals surface area contributed by atoms with Gasteiger partial charge in [-0.25, -0.2) is 17.9 Å². The van der Waals surface area contributed by atoms with E-state index in [0.29, 0.717) is 24.4 Å². The Morgan fingerprint density at radius 3 is 2.10 bits per heavy atom. The minimum Gasteiger partial charge on any atom is -0.497 e. The molecule has 0 unspecified atom stereocenters. The first kappa shape index (κ1) is 34.4. The molecule has 2 rings (SSSR count). The average molecular weight is 576 g/mol. The van der Waals surface area contributed by atoms with Gasteiger partial charge in [-0.2, -0.15) is 0 Å². The van der Waals surface area contributed by atoms with Crippen molar-refractivity contribution in [2.24, 2.45) is 5.92 Å². The van der Waals surface area contributed by atoms with Gasteiger partial charge in [0.2, 0.25) is 5.91 Å². The zero-order chi connectivity index (χ0) is 30.3. The summed E-state index contributed by atoms with van der Waals surface area (Å²) in [5, 5.41) is 2.62. The quantitative estimate of drug-likeness (QED) is 0.274. The van der Waals surface area contributed by atoms with Gasteiger partial charge in [-0.1, -0.05) is 76.6 Å². The number of ether oxygens (including phenoxy) is 1. The predicted octanol–water partition coefficient (Wildman–Crippen LogP) is 6.70. The summed E-state index contributed by atoms with van der Waals surface area (Å²) < 4.78 is 33.6. The van der Waals surface area contributed by atoms with Gasteiger partial charge < -0.3 is 15.0 Å². The Bertz CT molecular complexity index is 1250. The number of amides is 3. The van der Waals surface area contributed by atoms with Gasteiger partial charge in [0.15, 0.2) is 0 Å². The fourth-order valence-electron chi connectivity index (χ4n) is 3.96. The van der Waals surface area contributed by atoms with E-state index in [1.54, 1.807) is 56.2 Å². The molecule has 0 spiro atoms. The van der Waals surface area contributed by atoms with Crippen LogP contribution in [0.2, 0.25) is 0 Å². The van der Waals surface area contributed by atoms with Crippen LogP contribution in [0.4, 0.5) is 10.5 Å². The number of sulfonamides is 1. The van der Waals surface area contributed by atoms with Gasteiger partial charge in [0.05, 0.1) is 12.0 Å². The number of carbonyl (C=O) groups is 2. The summed E-state index contributed by atoms with van der Waals surface area (Å²) in [7, 11) is -2.59. The van der Waals surface area contributed by atoms with Crippen LogP contribution in [0.1, 0.15) is 63.3 Å². The Kier molecular flexibility index (Phi) is 14.8. The van der Waals surface area contributed by atoms with Crippen LogP contribution in [0.25, 0.3) is 0 Å².